The van der Waals surface area contributed by atoms with Crippen molar-refractivity contribution < 1.29 is 30.9 Å². The molecule has 0 radical (unpaired) electrons. The molecule has 3 rings (SSSR count). The van der Waals surface area contributed by atoms with Crippen LogP contribution in [0.2, 0.25) is 0 Å². The Kier molecular flexibility index (Phi) is 4.40. The Labute approximate surface area is 159 Å². The minimum Gasteiger partial charge on any atom is -0.487 e. The average molecular weight is 378 g/mol. The predicted molar refractivity (Wildman–Crippen MR) is 96.0 cm³/mol. The van der Waals surface area contributed by atoms with E-state index in [1.807, 2.05) is 13.8 Å². The molecule has 4 nitrogen and oxygen atoms in total. The van der Waals surface area contributed by atoms with E-state index in [2.05, 4.69) is 0 Å². The lowest BCUT2D eigenvalue weighted by molar-refractivity contribution is -0.141. The standard InChI is InChI=1S/C21H22F2O4/c1-12(20(24)25)6-13-4-5-18(17(23)7-13)26-11-15-9-16(22)8-14-10-21(2,3)27-19(14)15/h4-5,7-9,12H,6,10-11H2,1-3H3,(H,24,25)/i11D2. The first-order valence-electron chi connectivity index (χ1n) is 9.60. The quantitative estimate of drug-likeness (QED) is 0.803. The van der Waals surface area contributed by atoms with Crippen LogP contribution < -0.4 is 9.47 Å². The van der Waals surface area contributed by atoms with Gasteiger partial charge in [-0.1, -0.05) is 13.0 Å². The van der Waals surface area contributed by atoms with E-state index in [9.17, 15) is 13.6 Å². The molecule has 27 heavy (non-hydrogen) atoms. The van der Waals surface area contributed by atoms with E-state index in [1.165, 1.54) is 25.1 Å². The van der Waals surface area contributed by atoms with Gasteiger partial charge in [0, 0.05) is 17.5 Å². The topological polar surface area (TPSA) is 55.8 Å². The smallest absolute Gasteiger partial charge is 0.306 e. The lowest BCUT2D eigenvalue weighted by Crippen LogP contribution is -2.25. The van der Waals surface area contributed by atoms with E-state index in [1.54, 1.807) is 0 Å². The largest absolute Gasteiger partial charge is 0.487 e. The Morgan fingerprint density at radius 1 is 1.37 bits per heavy atom. The van der Waals surface area contributed by atoms with Crippen molar-refractivity contribution in [2.45, 2.75) is 45.8 Å². The Bertz CT molecular complexity index is 960. The van der Waals surface area contributed by atoms with Crippen molar-refractivity contribution in [2.24, 2.45) is 5.92 Å². The van der Waals surface area contributed by atoms with Gasteiger partial charge in [-0.2, -0.15) is 0 Å². The molecule has 0 saturated heterocycles. The van der Waals surface area contributed by atoms with Crippen molar-refractivity contribution in [3.63, 3.8) is 0 Å². The second kappa shape index (κ2) is 7.18. The molecule has 144 valence electrons. The summed E-state index contributed by atoms with van der Waals surface area (Å²) in [5.41, 5.74) is 0.202. The molecule has 2 aromatic carbocycles. The molecule has 0 bridgehead atoms. The van der Waals surface area contributed by atoms with Crippen LogP contribution in [0.15, 0.2) is 30.3 Å². The van der Waals surface area contributed by atoms with Crippen molar-refractivity contribution in [1.29, 1.82) is 0 Å². The number of carbonyl (C=O) groups is 1. The molecule has 1 aliphatic heterocycles. The van der Waals surface area contributed by atoms with Gasteiger partial charge in [-0.05, 0) is 50.1 Å². The molecule has 0 amide bonds. The molecule has 0 fully saturated rings. The number of benzene rings is 2. The average Bonchev–Trinajstić information content (AvgIpc) is 2.89. The van der Waals surface area contributed by atoms with Crippen LogP contribution in [0.4, 0.5) is 8.78 Å². The molecule has 1 aliphatic rings. The number of hydrogen-bond donors (Lipinski definition) is 1. The van der Waals surface area contributed by atoms with Crippen LogP contribution in [0.25, 0.3) is 0 Å². The van der Waals surface area contributed by atoms with Crippen LogP contribution >= 0.6 is 0 Å². The third-order valence-corrected chi connectivity index (χ3v) is 4.36. The SMILES string of the molecule is [2H]C([2H])(Oc1ccc(CC(C)C(=O)O)cc1F)c1cc(F)cc2c1OC(C)(C)C2. The Hall–Kier alpha value is -2.63. The van der Waals surface area contributed by atoms with Crippen molar-refractivity contribution in [2.75, 3.05) is 0 Å². The zero-order chi connectivity index (χ0) is 21.6. The van der Waals surface area contributed by atoms with E-state index in [4.69, 9.17) is 17.3 Å². The summed E-state index contributed by atoms with van der Waals surface area (Å²) in [6.07, 6.45) is 0.535. The maximum Gasteiger partial charge on any atom is 0.306 e. The predicted octanol–water partition coefficient (Wildman–Crippen LogP) is 4.52. The summed E-state index contributed by atoms with van der Waals surface area (Å²) in [7, 11) is 0. The Balaban J connectivity index is 1.88. The molecule has 1 N–H and O–H groups in total. The summed E-state index contributed by atoms with van der Waals surface area (Å²) >= 11 is 0. The summed E-state index contributed by atoms with van der Waals surface area (Å²) in [5, 5.41) is 8.97. The second-order valence-electron chi connectivity index (χ2n) is 7.39. The van der Waals surface area contributed by atoms with Gasteiger partial charge in [-0.15, -0.1) is 0 Å². The number of rotatable bonds is 6. The molecule has 0 aromatic heterocycles. The molecule has 2 aromatic rings. The van der Waals surface area contributed by atoms with Gasteiger partial charge in [-0.25, -0.2) is 8.78 Å². The highest BCUT2D eigenvalue weighted by atomic mass is 19.1. The van der Waals surface area contributed by atoms with E-state index in [0.717, 1.165) is 12.1 Å². The minimum atomic E-state index is -2.55. The van der Waals surface area contributed by atoms with Gasteiger partial charge in [0.05, 0.1) is 8.66 Å². The molecule has 0 spiro atoms. The number of fused-ring (bicyclic) bond motifs is 1. The fourth-order valence-corrected chi connectivity index (χ4v) is 3.05. The highest BCUT2D eigenvalue weighted by Crippen LogP contribution is 2.38. The molecular weight excluding hydrogens is 354 g/mol. The number of hydrogen-bond acceptors (Lipinski definition) is 3. The van der Waals surface area contributed by atoms with E-state index in [-0.39, 0.29) is 23.5 Å². The van der Waals surface area contributed by atoms with Crippen LogP contribution in [0.5, 0.6) is 11.5 Å². The lowest BCUT2D eigenvalue weighted by Gasteiger charge is -2.18. The van der Waals surface area contributed by atoms with Gasteiger partial charge in [0.25, 0.3) is 0 Å². The first kappa shape index (κ1) is 16.5. The molecule has 1 heterocycles. The first-order chi connectivity index (χ1) is 13.4. The maximum atomic E-state index is 14.5. The summed E-state index contributed by atoms with van der Waals surface area (Å²) in [4.78, 5) is 11.0. The highest BCUT2D eigenvalue weighted by molar-refractivity contribution is 5.69. The highest BCUT2D eigenvalue weighted by Gasteiger charge is 2.32. The molecule has 0 saturated carbocycles. The second-order valence-corrected chi connectivity index (χ2v) is 7.39. The summed E-state index contributed by atoms with van der Waals surface area (Å²) < 4.78 is 56.1. The lowest BCUT2D eigenvalue weighted by atomic mass is 10.0. The van der Waals surface area contributed by atoms with Crippen molar-refractivity contribution >= 4 is 5.97 Å². The number of ether oxygens (including phenoxy) is 2. The molecule has 0 aliphatic carbocycles. The summed E-state index contributed by atoms with van der Waals surface area (Å²) in [6.45, 7) is 2.57. The van der Waals surface area contributed by atoms with Gasteiger partial charge in [0.15, 0.2) is 11.6 Å². The third kappa shape index (κ3) is 4.38. The molecule has 1 atom stereocenters. The fraction of sp³-hybridized carbons (Fsp3) is 0.381. The van der Waals surface area contributed by atoms with Crippen molar-refractivity contribution in [3.8, 4) is 11.5 Å². The van der Waals surface area contributed by atoms with E-state index >= 15 is 0 Å². The molecule has 6 heteroatoms. The van der Waals surface area contributed by atoms with Crippen LogP contribution in [0.1, 0.15) is 40.2 Å². The van der Waals surface area contributed by atoms with Crippen LogP contribution in [0, 0.1) is 17.6 Å². The van der Waals surface area contributed by atoms with Gasteiger partial charge in [0.2, 0.25) is 0 Å². The third-order valence-electron chi connectivity index (χ3n) is 4.36. The fourth-order valence-electron chi connectivity index (χ4n) is 3.05. The minimum absolute atomic E-state index is 0.125. The number of aliphatic carboxylic acids is 1. The van der Waals surface area contributed by atoms with Crippen LogP contribution in [0.3, 0.4) is 0 Å². The normalized spacial score (nSPS) is 17.4. The van der Waals surface area contributed by atoms with Gasteiger partial charge >= 0.3 is 5.97 Å². The molecular formula is C21H22F2O4. The Morgan fingerprint density at radius 3 is 2.78 bits per heavy atom. The van der Waals surface area contributed by atoms with Gasteiger partial charge in [-0.3, -0.25) is 4.79 Å². The van der Waals surface area contributed by atoms with E-state index < -0.39 is 35.7 Å². The van der Waals surface area contributed by atoms with E-state index in [0.29, 0.717) is 17.5 Å². The van der Waals surface area contributed by atoms with Gasteiger partial charge < -0.3 is 14.6 Å². The first-order valence-corrected chi connectivity index (χ1v) is 8.60. The zero-order valence-electron chi connectivity index (χ0n) is 17.3. The van der Waals surface area contributed by atoms with Crippen LogP contribution in [-0.2, 0) is 24.2 Å². The van der Waals surface area contributed by atoms with Crippen molar-refractivity contribution in [3.05, 3.63) is 58.7 Å². The van der Waals surface area contributed by atoms with Gasteiger partial charge in [0.1, 0.15) is 23.7 Å². The Morgan fingerprint density at radius 2 is 2.11 bits per heavy atom. The molecule has 1 unspecified atom stereocenters. The monoisotopic (exact) mass is 378 g/mol. The summed E-state index contributed by atoms with van der Waals surface area (Å²) in [5.74, 6) is -3.32. The summed E-state index contributed by atoms with van der Waals surface area (Å²) in [6, 6.07) is 6.11. The maximum absolute atomic E-state index is 14.5. The number of carboxylic acids is 1. The number of halogens is 2. The van der Waals surface area contributed by atoms with Crippen LogP contribution in [-0.4, -0.2) is 16.7 Å². The zero-order valence-corrected chi connectivity index (χ0v) is 15.3. The van der Waals surface area contributed by atoms with Crippen molar-refractivity contribution in [1.82, 2.24) is 0 Å². The number of carboxylic acid groups (broad SMARTS) is 1.